The van der Waals surface area contributed by atoms with Crippen LogP contribution in [0.2, 0.25) is 0 Å². The van der Waals surface area contributed by atoms with Crippen LogP contribution in [0.1, 0.15) is 18.4 Å². The third kappa shape index (κ3) is 3.64. The van der Waals surface area contributed by atoms with Crippen LogP contribution in [-0.4, -0.2) is 30.2 Å². The van der Waals surface area contributed by atoms with E-state index in [2.05, 4.69) is 0 Å². The monoisotopic (exact) mass is 341 g/mol. The third-order valence-corrected chi connectivity index (χ3v) is 4.12. The summed E-state index contributed by atoms with van der Waals surface area (Å²) in [6.45, 7) is 0.263. The predicted molar refractivity (Wildman–Crippen MR) is 92.0 cm³/mol. The summed E-state index contributed by atoms with van der Waals surface area (Å²) < 4.78 is 10.9. The number of hydrogen-bond acceptors (Lipinski definition) is 4. The number of para-hydroxylation sites is 1. The van der Waals surface area contributed by atoms with Crippen LogP contribution >= 0.6 is 0 Å². The van der Waals surface area contributed by atoms with Gasteiger partial charge in [0.15, 0.2) is 0 Å². The van der Waals surface area contributed by atoms with Crippen molar-refractivity contribution in [2.45, 2.75) is 25.6 Å². The summed E-state index contributed by atoms with van der Waals surface area (Å²) in [6.07, 6.45) is -0.788. The first-order chi connectivity index (χ1) is 12.1. The van der Waals surface area contributed by atoms with E-state index in [-0.39, 0.29) is 25.4 Å². The van der Waals surface area contributed by atoms with Gasteiger partial charge in [0, 0.05) is 17.7 Å². The number of carbonyl (C=O) groups excluding carboxylic acids is 1. The molecule has 0 aliphatic carbocycles. The van der Waals surface area contributed by atoms with Crippen molar-refractivity contribution >= 4 is 23.3 Å². The number of aliphatic carboxylic acids is 1. The smallest absolute Gasteiger partial charge is 0.303 e. The molecule has 0 radical (unpaired) electrons. The highest BCUT2D eigenvalue weighted by Crippen LogP contribution is 2.34. The van der Waals surface area contributed by atoms with Crippen molar-refractivity contribution in [3.8, 4) is 5.75 Å². The molecule has 1 aliphatic rings. The van der Waals surface area contributed by atoms with E-state index in [4.69, 9.17) is 14.6 Å². The van der Waals surface area contributed by atoms with Gasteiger partial charge in [0.2, 0.25) is 0 Å². The topological polar surface area (TPSA) is 76.1 Å². The number of rotatable bonds is 5. The lowest BCUT2D eigenvalue weighted by molar-refractivity contribution is -0.139. The molecule has 0 bridgehead atoms. The van der Waals surface area contributed by atoms with Gasteiger partial charge in [-0.2, -0.15) is 0 Å². The van der Waals surface area contributed by atoms with E-state index in [0.29, 0.717) is 11.4 Å². The summed E-state index contributed by atoms with van der Waals surface area (Å²) in [5, 5.41) is 8.92. The molecule has 1 atom stereocenters. The van der Waals surface area contributed by atoms with Crippen LogP contribution in [0.25, 0.3) is 0 Å². The Morgan fingerprint density at radius 1 is 1.24 bits per heavy atom. The second-order valence-electron chi connectivity index (χ2n) is 5.73. The van der Waals surface area contributed by atoms with E-state index in [0.717, 1.165) is 11.3 Å². The minimum absolute atomic E-state index is 0.122. The largest absolute Gasteiger partial charge is 0.497 e. The van der Waals surface area contributed by atoms with Gasteiger partial charge >= 0.3 is 5.97 Å². The van der Waals surface area contributed by atoms with Crippen molar-refractivity contribution in [1.82, 2.24) is 0 Å². The number of nitrogens with zero attached hydrogens (tertiary/aromatic N) is 1. The molecular weight excluding hydrogens is 322 g/mol. The maximum absolute atomic E-state index is 13.1. The minimum Gasteiger partial charge on any atom is -0.497 e. The number of methoxy groups -OCH3 is 1. The standard InChI is InChI=1S/C19H19NO5/c1-24-15-8-6-14(7-9-15)20-16-5-3-2-4-13(16)12-25-17(19(20)23)10-11-18(21)22/h2-9,17H,10-12H2,1H3,(H,21,22). The van der Waals surface area contributed by atoms with Gasteiger partial charge < -0.3 is 14.6 Å². The fourth-order valence-corrected chi connectivity index (χ4v) is 2.83. The molecule has 2 aromatic rings. The van der Waals surface area contributed by atoms with Crippen molar-refractivity contribution in [2.24, 2.45) is 0 Å². The summed E-state index contributed by atoms with van der Waals surface area (Å²) in [6, 6.07) is 14.7. The molecular formula is C19H19NO5. The quantitative estimate of drug-likeness (QED) is 0.904. The Hall–Kier alpha value is -2.86. The molecule has 0 saturated heterocycles. The molecule has 6 nitrogen and oxygen atoms in total. The van der Waals surface area contributed by atoms with Crippen LogP contribution in [0.3, 0.4) is 0 Å². The number of carbonyl (C=O) groups is 2. The molecule has 1 amide bonds. The number of anilines is 2. The third-order valence-electron chi connectivity index (χ3n) is 4.12. The molecule has 0 spiro atoms. The Labute approximate surface area is 145 Å². The van der Waals surface area contributed by atoms with E-state index in [1.165, 1.54) is 0 Å². The number of hydrogen-bond donors (Lipinski definition) is 1. The maximum Gasteiger partial charge on any atom is 0.303 e. The lowest BCUT2D eigenvalue weighted by Gasteiger charge is -2.25. The Morgan fingerprint density at radius 2 is 1.96 bits per heavy atom. The van der Waals surface area contributed by atoms with Gasteiger partial charge in [-0.25, -0.2) is 0 Å². The molecule has 1 heterocycles. The van der Waals surface area contributed by atoms with Crippen molar-refractivity contribution in [3.63, 3.8) is 0 Å². The Morgan fingerprint density at radius 3 is 2.64 bits per heavy atom. The van der Waals surface area contributed by atoms with Crippen molar-refractivity contribution in [1.29, 1.82) is 0 Å². The van der Waals surface area contributed by atoms with Crippen LogP contribution in [0.4, 0.5) is 11.4 Å². The summed E-state index contributed by atoms with van der Waals surface area (Å²) in [7, 11) is 1.58. The number of carboxylic acids is 1. The Bertz CT molecular complexity index is 772. The van der Waals surface area contributed by atoms with E-state index < -0.39 is 12.1 Å². The first kappa shape index (κ1) is 17.0. The number of carboxylic acid groups (broad SMARTS) is 1. The van der Waals surface area contributed by atoms with Gasteiger partial charge in [-0.3, -0.25) is 14.5 Å². The average Bonchev–Trinajstić information content (AvgIpc) is 2.76. The molecule has 0 aromatic heterocycles. The van der Waals surface area contributed by atoms with E-state index in [1.54, 1.807) is 36.3 Å². The molecule has 3 rings (SSSR count). The van der Waals surface area contributed by atoms with Crippen molar-refractivity contribution < 1.29 is 24.2 Å². The van der Waals surface area contributed by atoms with Crippen molar-refractivity contribution in [2.75, 3.05) is 12.0 Å². The summed E-state index contributed by atoms with van der Waals surface area (Å²) in [4.78, 5) is 25.5. The second-order valence-corrected chi connectivity index (χ2v) is 5.73. The molecule has 2 aromatic carbocycles. The Kier molecular flexibility index (Phi) is 5.00. The maximum atomic E-state index is 13.1. The number of amides is 1. The van der Waals surface area contributed by atoms with Crippen molar-refractivity contribution in [3.05, 3.63) is 54.1 Å². The van der Waals surface area contributed by atoms with Crippen LogP contribution < -0.4 is 9.64 Å². The highest BCUT2D eigenvalue weighted by atomic mass is 16.5. The van der Waals surface area contributed by atoms with E-state index in [9.17, 15) is 9.59 Å². The fraction of sp³-hybridized carbons (Fsp3) is 0.263. The van der Waals surface area contributed by atoms with Crippen LogP contribution in [0.5, 0.6) is 5.75 Å². The lowest BCUT2D eigenvalue weighted by Crippen LogP contribution is -2.36. The highest BCUT2D eigenvalue weighted by Gasteiger charge is 2.32. The Balaban J connectivity index is 1.99. The van der Waals surface area contributed by atoms with E-state index in [1.807, 2.05) is 24.3 Å². The number of ether oxygens (including phenoxy) is 2. The predicted octanol–water partition coefficient (Wildman–Crippen LogP) is 3.12. The van der Waals surface area contributed by atoms with Gasteiger partial charge in [0.1, 0.15) is 11.9 Å². The molecule has 1 unspecified atom stereocenters. The zero-order valence-corrected chi connectivity index (χ0v) is 13.8. The summed E-state index contributed by atoms with van der Waals surface area (Å²) in [5.41, 5.74) is 2.31. The molecule has 25 heavy (non-hydrogen) atoms. The first-order valence-corrected chi connectivity index (χ1v) is 7.99. The molecule has 0 saturated carbocycles. The average molecular weight is 341 g/mol. The van der Waals surface area contributed by atoms with Gasteiger partial charge in [0.05, 0.1) is 19.4 Å². The lowest BCUT2D eigenvalue weighted by atomic mass is 10.1. The zero-order chi connectivity index (χ0) is 17.8. The SMILES string of the molecule is COc1ccc(N2C(=O)C(CCC(=O)O)OCc3ccccc32)cc1. The molecule has 6 heteroatoms. The van der Waals surface area contributed by atoms with Gasteiger partial charge in [-0.15, -0.1) is 0 Å². The number of fused-ring (bicyclic) bond motifs is 1. The van der Waals surface area contributed by atoms with Gasteiger partial charge in [0.25, 0.3) is 5.91 Å². The molecule has 1 aliphatic heterocycles. The zero-order valence-electron chi connectivity index (χ0n) is 13.8. The summed E-state index contributed by atoms with van der Waals surface area (Å²) >= 11 is 0. The van der Waals surface area contributed by atoms with Crippen LogP contribution in [-0.2, 0) is 20.9 Å². The second kappa shape index (κ2) is 7.36. The fourth-order valence-electron chi connectivity index (χ4n) is 2.83. The van der Waals surface area contributed by atoms with E-state index >= 15 is 0 Å². The highest BCUT2D eigenvalue weighted by molar-refractivity contribution is 6.04. The molecule has 130 valence electrons. The van der Waals surface area contributed by atoms with Crippen LogP contribution in [0.15, 0.2) is 48.5 Å². The molecule has 1 N–H and O–H groups in total. The van der Waals surface area contributed by atoms with Gasteiger partial charge in [-0.05, 0) is 36.8 Å². The normalized spacial score (nSPS) is 16.9. The first-order valence-electron chi connectivity index (χ1n) is 7.99. The molecule has 0 fully saturated rings. The summed E-state index contributed by atoms with van der Waals surface area (Å²) in [5.74, 6) is -0.525. The van der Waals surface area contributed by atoms with Gasteiger partial charge in [-0.1, -0.05) is 18.2 Å². The minimum atomic E-state index is -0.950. The van der Waals surface area contributed by atoms with Crippen LogP contribution in [0, 0.1) is 0 Å². The number of benzene rings is 2.